The minimum absolute atomic E-state index is 0.326. The number of hydrogen-bond donors (Lipinski definition) is 0. The lowest BCUT2D eigenvalue weighted by Crippen LogP contribution is -2.56. The molecule has 0 aromatic rings. The third-order valence-corrected chi connectivity index (χ3v) is 6.10. The van der Waals surface area contributed by atoms with Gasteiger partial charge in [-0.2, -0.15) is 0 Å². The van der Waals surface area contributed by atoms with Gasteiger partial charge in [-0.25, -0.2) is 0 Å². The summed E-state index contributed by atoms with van der Waals surface area (Å²) < 4.78 is 12.8. The largest absolute Gasteiger partial charge is 0.366 e. The standard InChI is InChI=1S/C23H30O2/c1-5-11-22(24-15-7-3)13-14-23(12-6-2,25-16-8-4)21-19-10-9-18(17-19)20(21)22/h5-10,13-14,18-21H,1-4,11-12,15-17H2/t18-,19+,20-,21+,22+,23-. The van der Waals surface area contributed by atoms with Crippen molar-refractivity contribution in [1.29, 1.82) is 0 Å². The van der Waals surface area contributed by atoms with Crippen LogP contribution in [-0.4, -0.2) is 24.4 Å². The molecular formula is C23H30O2. The molecule has 1 fully saturated rings. The van der Waals surface area contributed by atoms with Gasteiger partial charge >= 0.3 is 0 Å². The molecule has 0 spiro atoms. The third-order valence-electron chi connectivity index (χ3n) is 6.10. The van der Waals surface area contributed by atoms with E-state index in [0.717, 1.165) is 12.8 Å². The molecule has 0 aromatic carbocycles. The quantitative estimate of drug-likeness (QED) is 0.520. The van der Waals surface area contributed by atoms with Gasteiger partial charge in [0, 0.05) is 11.8 Å². The summed E-state index contributed by atoms with van der Waals surface area (Å²) in [6.45, 7) is 16.7. The molecule has 3 rings (SSSR count). The Labute approximate surface area is 152 Å². The monoisotopic (exact) mass is 338 g/mol. The molecule has 0 N–H and O–H groups in total. The average molecular weight is 338 g/mol. The molecule has 0 radical (unpaired) electrons. The van der Waals surface area contributed by atoms with Gasteiger partial charge in [0.15, 0.2) is 0 Å². The first-order valence-corrected chi connectivity index (χ1v) is 9.26. The van der Waals surface area contributed by atoms with Crippen molar-refractivity contribution < 1.29 is 9.47 Å². The number of allylic oxidation sites excluding steroid dienone is 2. The lowest BCUT2D eigenvalue weighted by Gasteiger charge is -2.53. The van der Waals surface area contributed by atoms with E-state index in [0.29, 0.717) is 36.9 Å². The van der Waals surface area contributed by atoms with Crippen LogP contribution in [0.4, 0.5) is 0 Å². The minimum atomic E-state index is -0.326. The molecule has 2 heteroatoms. The summed E-state index contributed by atoms with van der Waals surface area (Å²) in [6.07, 6.45) is 19.6. The summed E-state index contributed by atoms with van der Waals surface area (Å²) in [4.78, 5) is 0. The second-order valence-electron chi connectivity index (χ2n) is 7.43. The number of rotatable bonds is 10. The van der Waals surface area contributed by atoms with Crippen molar-refractivity contribution in [3.8, 4) is 0 Å². The number of ether oxygens (including phenoxy) is 2. The minimum Gasteiger partial charge on any atom is -0.366 e. The Morgan fingerprint density at radius 2 is 1.20 bits per heavy atom. The van der Waals surface area contributed by atoms with Gasteiger partial charge in [0.2, 0.25) is 0 Å². The van der Waals surface area contributed by atoms with Crippen molar-refractivity contribution in [2.75, 3.05) is 13.2 Å². The average Bonchev–Trinajstić information content (AvgIpc) is 3.24. The topological polar surface area (TPSA) is 18.5 Å². The summed E-state index contributed by atoms with van der Waals surface area (Å²) >= 11 is 0. The van der Waals surface area contributed by atoms with Crippen molar-refractivity contribution >= 4 is 0 Å². The van der Waals surface area contributed by atoms with Crippen LogP contribution in [0.3, 0.4) is 0 Å². The second-order valence-corrected chi connectivity index (χ2v) is 7.43. The Bertz CT molecular complexity index is 551. The van der Waals surface area contributed by atoms with Crippen LogP contribution in [0.1, 0.15) is 19.3 Å². The predicted molar refractivity (Wildman–Crippen MR) is 104 cm³/mol. The van der Waals surface area contributed by atoms with Gasteiger partial charge in [-0.15, -0.1) is 26.3 Å². The van der Waals surface area contributed by atoms with E-state index in [1.54, 1.807) is 0 Å². The number of hydrogen-bond acceptors (Lipinski definition) is 2. The van der Waals surface area contributed by atoms with Crippen molar-refractivity contribution in [1.82, 2.24) is 0 Å². The van der Waals surface area contributed by atoms with Gasteiger partial charge in [-0.05, 0) is 31.1 Å². The highest BCUT2D eigenvalue weighted by molar-refractivity contribution is 5.32. The van der Waals surface area contributed by atoms with Gasteiger partial charge in [0.1, 0.15) is 0 Å². The molecule has 1 saturated carbocycles. The first-order valence-electron chi connectivity index (χ1n) is 9.26. The zero-order valence-corrected chi connectivity index (χ0v) is 15.1. The number of fused-ring (bicyclic) bond motifs is 5. The molecule has 0 unspecified atom stereocenters. The molecule has 0 saturated heterocycles. The van der Waals surface area contributed by atoms with Crippen molar-refractivity contribution in [2.45, 2.75) is 30.5 Å². The van der Waals surface area contributed by atoms with E-state index < -0.39 is 0 Å². The lowest BCUT2D eigenvalue weighted by molar-refractivity contribution is -0.131. The maximum absolute atomic E-state index is 6.39. The Kier molecular flexibility index (Phi) is 5.31. The highest BCUT2D eigenvalue weighted by atomic mass is 16.5. The molecule has 0 heterocycles. The molecule has 3 aliphatic carbocycles. The molecular weight excluding hydrogens is 308 g/mol. The van der Waals surface area contributed by atoms with E-state index in [2.05, 4.69) is 50.6 Å². The fourth-order valence-electron chi connectivity index (χ4n) is 5.35. The molecule has 134 valence electrons. The Morgan fingerprint density at radius 1 is 0.760 bits per heavy atom. The fourth-order valence-corrected chi connectivity index (χ4v) is 5.35. The Balaban J connectivity index is 2.07. The van der Waals surface area contributed by atoms with Crippen LogP contribution in [0, 0.1) is 23.7 Å². The Hall–Kier alpha value is -1.64. The third kappa shape index (κ3) is 2.92. The molecule has 0 aromatic heterocycles. The normalized spacial score (nSPS) is 40.6. The van der Waals surface area contributed by atoms with Crippen LogP contribution in [-0.2, 0) is 9.47 Å². The van der Waals surface area contributed by atoms with Crippen LogP contribution in [0.5, 0.6) is 0 Å². The highest BCUT2D eigenvalue weighted by Crippen LogP contribution is 2.61. The van der Waals surface area contributed by atoms with E-state index in [1.165, 1.54) is 6.42 Å². The Morgan fingerprint density at radius 3 is 1.56 bits per heavy atom. The van der Waals surface area contributed by atoms with Gasteiger partial charge < -0.3 is 9.47 Å². The molecule has 25 heavy (non-hydrogen) atoms. The zero-order chi connectivity index (χ0) is 17.9. The van der Waals surface area contributed by atoms with Crippen molar-refractivity contribution in [3.63, 3.8) is 0 Å². The maximum atomic E-state index is 6.39. The predicted octanol–water partition coefficient (Wildman–Crippen LogP) is 5.03. The van der Waals surface area contributed by atoms with Crippen molar-refractivity contribution in [2.24, 2.45) is 23.7 Å². The molecule has 3 aliphatic rings. The van der Waals surface area contributed by atoms with Crippen LogP contribution in [0.15, 0.2) is 74.9 Å². The van der Waals surface area contributed by atoms with Crippen molar-refractivity contribution in [3.05, 3.63) is 74.9 Å². The molecule has 0 amide bonds. The molecule has 2 nitrogen and oxygen atoms in total. The molecule has 6 atom stereocenters. The maximum Gasteiger partial charge on any atom is 0.0939 e. The first-order chi connectivity index (χ1) is 12.2. The van der Waals surface area contributed by atoms with Gasteiger partial charge in [-0.1, -0.05) is 48.6 Å². The second kappa shape index (κ2) is 7.31. The molecule has 2 bridgehead atoms. The first kappa shape index (κ1) is 18.2. The summed E-state index contributed by atoms with van der Waals surface area (Å²) in [5.74, 6) is 1.83. The SMILES string of the molecule is C=CCO[C@@]1(CC=C)C=C[C@@](CC=C)(OCC=C)[C@@H]2[C@H]1[C@@H]1C=C[C@H]2C1. The lowest BCUT2D eigenvalue weighted by atomic mass is 9.60. The van der Waals surface area contributed by atoms with Crippen LogP contribution in [0.25, 0.3) is 0 Å². The van der Waals surface area contributed by atoms with E-state index in [1.807, 2.05) is 24.3 Å². The van der Waals surface area contributed by atoms with E-state index in [9.17, 15) is 0 Å². The summed E-state index contributed by atoms with van der Waals surface area (Å²) in [6, 6.07) is 0. The smallest absolute Gasteiger partial charge is 0.0939 e. The van der Waals surface area contributed by atoms with E-state index >= 15 is 0 Å². The van der Waals surface area contributed by atoms with E-state index in [4.69, 9.17) is 9.47 Å². The summed E-state index contributed by atoms with van der Waals surface area (Å²) in [5.41, 5.74) is -0.653. The zero-order valence-electron chi connectivity index (χ0n) is 15.1. The summed E-state index contributed by atoms with van der Waals surface area (Å²) in [5, 5.41) is 0. The van der Waals surface area contributed by atoms with Gasteiger partial charge in [-0.3, -0.25) is 0 Å². The van der Waals surface area contributed by atoms with Crippen LogP contribution in [0.2, 0.25) is 0 Å². The van der Waals surface area contributed by atoms with Gasteiger partial charge in [0.05, 0.1) is 24.4 Å². The summed E-state index contributed by atoms with van der Waals surface area (Å²) in [7, 11) is 0. The van der Waals surface area contributed by atoms with Crippen LogP contribution >= 0.6 is 0 Å². The van der Waals surface area contributed by atoms with E-state index in [-0.39, 0.29) is 11.2 Å². The highest BCUT2D eigenvalue weighted by Gasteiger charge is 2.62. The molecule has 0 aliphatic heterocycles. The van der Waals surface area contributed by atoms with Gasteiger partial charge in [0.25, 0.3) is 0 Å². The van der Waals surface area contributed by atoms with Crippen LogP contribution < -0.4 is 0 Å². The fraction of sp³-hybridized carbons (Fsp3) is 0.478.